The number of amides is 1. The van der Waals surface area contributed by atoms with Crippen LogP contribution in [0.4, 0.5) is 0 Å². The lowest BCUT2D eigenvalue weighted by Gasteiger charge is -2.36. The van der Waals surface area contributed by atoms with Gasteiger partial charge < -0.3 is 10.4 Å². The van der Waals surface area contributed by atoms with Crippen LogP contribution >= 0.6 is 0 Å². The van der Waals surface area contributed by atoms with Crippen LogP contribution in [0.25, 0.3) is 0 Å². The SMILES string of the molecule is Cc1cc(C(=O)NC2(CC(=O)O)CCCCC2)n(C)n1. The molecule has 1 aromatic heterocycles. The average molecular weight is 279 g/mol. The number of carboxylic acid groups (broad SMARTS) is 1. The van der Waals surface area contributed by atoms with E-state index in [4.69, 9.17) is 5.11 Å². The summed E-state index contributed by atoms with van der Waals surface area (Å²) in [5, 5.41) is 16.2. The predicted octanol–water partition coefficient (Wildman–Crippen LogP) is 1.64. The number of aromatic nitrogens is 2. The zero-order valence-electron chi connectivity index (χ0n) is 12.0. The molecule has 0 aromatic carbocycles. The lowest BCUT2D eigenvalue weighted by atomic mass is 9.79. The fourth-order valence-corrected chi connectivity index (χ4v) is 2.99. The Kier molecular flexibility index (Phi) is 4.11. The highest BCUT2D eigenvalue weighted by atomic mass is 16.4. The van der Waals surface area contributed by atoms with Gasteiger partial charge in [0.05, 0.1) is 17.7 Å². The van der Waals surface area contributed by atoms with Crippen LogP contribution in [0.5, 0.6) is 0 Å². The first-order valence-corrected chi connectivity index (χ1v) is 6.97. The number of carbonyl (C=O) groups excluding carboxylic acids is 1. The Labute approximate surface area is 118 Å². The molecule has 6 nitrogen and oxygen atoms in total. The number of aliphatic carboxylic acids is 1. The molecule has 2 N–H and O–H groups in total. The summed E-state index contributed by atoms with van der Waals surface area (Å²) in [6.07, 6.45) is 4.44. The molecule has 6 heteroatoms. The Morgan fingerprint density at radius 2 is 2.05 bits per heavy atom. The Bertz CT molecular complexity index is 516. The fourth-order valence-electron chi connectivity index (χ4n) is 2.99. The molecule has 0 unspecified atom stereocenters. The third-order valence-electron chi connectivity index (χ3n) is 3.91. The van der Waals surface area contributed by atoms with Crippen LogP contribution in [0.3, 0.4) is 0 Å². The monoisotopic (exact) mass is 279 g/mol. The molecule has 1 aliphatic carbocycles. The Morgan fingerprint density at radius 3 is 2.55 bits per heavy atom. The van der Waals surface area contributed by atoms with Gasteiger partial charge >= 0.3 is 5.97 Å². The van der Waals surface area contributed by atoms with Gasteiger partial charge in [0.25, 0.3) is 5.91 Å². The highest BCUT2D eigenvalue weighted by Gasteiger charge is 2.36. The van der Waals surface area contributed by atoms with Gasteiger partial charge in [-0.2, -0.15) is 5.10 Å². The Morgan fingerprint density at radius 1 is 1.40 bits per heavy atom. The van der Waals surface area contributed by atoms with E-state index in [1.165, 1.54) is 4.68 Å². The first kappa shape index (κ1) is 14.6. The molecule has 0 radical (unpaired) electrons. The number of nitrogens with zero attached hydrogens (tertiary/aromatic N) is 2. The van der Waals surface area contributed by atoms with E-state index in [1.54, 1.807) is 13.1 Å². The smallest absolute Gasteiger partial charge is 0.305 e. The van der Waals surface area contributed by atoms with Crippen LogP contribution < -0.4 is 5.32 Å². The standard InChI is InChI=1S/C14H21N3O3/c1-10-8-11(17(2)16-10)13(20)15-14(9-12(18)19)6-4-3-5-7-14/h8H,3-7,9H2,1-2H3,(H,15,20)(H,18,19). The van der Waals surface area contributed by atoms with Crippen molar-refractivity contribution in [1.29, 1.82) is 0 Å². The summed E-state index contributed by atoms with van der Waals surface area (Å²) < 4.78 is 1.53. The van der Waals surface area contributed by atoms with Crippen LogP contribution in [0.1, 0.15) is 54.7 Å². The maximum atomic E-state index is 12.4. The van der Waals surface area contributed by atoms with Crippen molar-refractivity contribution in [2.24, 2.45) is 7.05 Å². The van der Waals surface area contributed by atoms with Crippen molar-refractivity contribution >= 4 is 11.9 Å². The van der Waals surface area contributed by atoms with Crippen LogP contribution in [-0.4, -0.2) is 32.3 Å². The lowest BCUT2D eigenvalue weighted by Crippen LogP contribution is -2.51. The van der Waals surface area contributed by atoms with Gasteiger partial charge in [0.1, 0.15) is 5.69 Å². The molecule has 1 aliphatic rings. The predicted molar refractivity (Wildman–Crippen MR) is 73.5 cm³/mol. The maximum Gasteiger partial charge on any atom is 0.305 e. The number of rotatable bonds is 4. The molecule has 1 aromatic rings. The van der Waals surface area contributed by atoms with Crippen molar-refractivity contribution in [3.8, 4) is 0 Å². The molecule has 20 heavy (non-hydrogen) atoms. The molecule has 0 spiro atoms. The summed E-state index contributed by atoms with van der Waals surface area (Å²) in [4.78, 5) is 23.5. The summed E-state index contributed by atoms with van der Waals surface area (Å²) in [6.45, 7) is 1.82. The van der Waals surface area contributed by atoms with E-state index < -0.39 is 11.5 Å². The van der Waals surface area contributed by atoms with Crippen molar-refractivity contribution in [3.63, 3.8) is 0 Å². The van der Waals surface area contributed by atoms with Gasteiger partial charge in [0.15, 0.2) is 0 Å². The van der Waals surface area contributed by atoms with Gasteiger partial charge in [-0.05, 0) is 25.8 Å². The average Bonchev–Trinajstić information content (AvgIpc) is 2.68. The largest absolute Gasteiger partial charge is 0.481 e. The van der Waals surface area contributed by atoms with Gasteiger partial charge in [0, 0.05) is 7.05 Å². The van der Waals surface area contributed by atoms with Gasteiger partial charge in [-0.3, -0.25) is 14.3 Å². The van der Waals surface area contributed by atoms with E-state index in [0.29, 0.717) is 5.69 Å². The second-order valence-electron chi connectivity index (χ2n) is 5.66. The summed E-state index contributed by atoms with van der Waals surface area (Å²) in [5.41, 5.74) is 0.630. The molecule has 0 bridgehead atoms. The minimum atomic E-state index is -0.867. The van der Waals surface area contributed by atoms with E-state index >= 15 is 0 Å². The van der Waals surface area contributed by atoms with Gasteiger partial charge in [0.2, 0.25) is 0 Å². The number of carbonyl (C=O) groups is 2. The molecule has 2 rings (SSSR count). The number of nitrogens with one attached hydrogen (secondary N) is 1. The van der Waals surface area contributed by atoms with E-state index in [2.05, 4.69) is 10.4 Å². The van der Waals surface area contributed by atoms with Gasteiger partial charge in [-0.25, -0.2) is 0 Å². The molecule has 1 amide bonds. The van der Waals surface area contributed by atoms with E-state index in [9.17, 15) is 9.59 Å². The molecular weight excluding hydrogens is 258 g/mol. The summed E-state index contributed by atoms with van der Waals surface area (Å²) in [5.74, 6) is -1.11. The molecule has 110 valence electrons. The van der Waals surface area contributed by atoms with E-state index in [-0.39, 0.29) is 12.3 Å². The Balaban J connectivity index is 2.17. The normalized spacial score (nSPS) is 17.7. The number of aryl methyl sites for hydroxylation is 2. The number of hydrogen-bond donors (Lipinski definition) is 2. The third kappa shape index (κ3) is 3.18. The van der Waals surface area contributed by atoms with Crippen molar-refractivity contribution in [2.45, 2.75) is 51.0 Å². The second-order valence-corrected chi connectivity index (χ2v) is 5.66. The maximum absolute atomic E-state index is 12.4. The summed E-state index contributed by atoms with van der Waals surface area (Å²) >= 11 is 0. The zero-order valence-corrected chi connectivity index (χ0v) is 12.0. The molecule has 1 fully saturated rings. The fraction of sp³-hybridized carbons (Fsp3) is 0.643. The quantitative estimate of drug-likeness (QED) is 0.877. The first-order chi connectivity index (χ1) is 9.42. The number of hydrogen-bond acceptors (Lipinski definition) is 3. The van der Waals surface area contributed by atoms with Crippen molar-refractivity contribution < 1.29 is 14.7 Å². The second kappa shape index (κ2) is 5.64. The molecule has 0 atom stereocenters. The molecule has 1 heterocycles. The lowest BCUT2D eigenvalue weighted by molar-refractivity contribution is -0.139. The minimum Gasteiger partial charge on any atom is -0.481 e. The van der Waals surface area contributed by atoms with Gasteiger partial charge in [-0.15, -0.1) is 0 Å². The summed E-state index contributed by atoms with van der Waals surface area (Å²) in [6, 6.07) is 1.71. The van der Waals surface area contributed by atoms with Crippen molar-refractivity contribution in [2.75, 3.05) is 0 Å². The molecule has 1 saturated carbocycles. The first-order valence-electron chi connectivity index (χ1n) is 6.97. The molecule has 0 aliphatic heterocycles. The van der Waals surface area contributed by atoms with Crippen molar-refractivity contribution in [1.82, 2.24) is 15.1 Å². The van der Waals surface area contributed by atoms with Crippen LogP contribution in [0, 0.1) is 6.92 Å². The zero-order chi connectivity index (χ0) is 14.8. The Hall–Kier alpha value is -1.85. The number of carboxylic acids is 1. The highest BCUT2D eigenvalue weighted by Crippen LogP contribution is 2.31. The van der Waals surface area contributed by atoms with E-state index in [0.717, 1.165) is 37.8 Å². The summed E-state index contributed by atoms with van der Waals surface area (Å²) in [7, 11) is 1.71. The topological polar surface area (TPSA) is 84.2 Å². The third-order valence-corrected chi connectivity index (χ3v) is 3.91. The van der Waals surface area contributed by atoms with Gasteiger partial charge in [-0.1, -0.05) is 19.3 Å². The van der Waals surface area contributed by atoms with Crippen LogP contribution in [-0.2, 0) is 11.8 Å². The van der Waals surface area contributed by atoms with Crippen LogP contribution in [0.15, 0.2) is 6.07 Å². The molecular formula is C14H21N3O3. The van der Waals surface area contributed by atoms with Crippen molar-refractivity contribution in [3.05, 3.63) is 17.5 Å². The van der Waals surface area contributed by atoms with Crippen LogP contribution in [0.2, 0.25) is 0 Å². The van der Waals surface area contributed by atoms with E-state index in [1.807, 2.05) is 6.92 Å². The highest BCUT2D eigenvalue weighted by molar-refractivity contribution is 5.93. The minimum absolute atomic E-state index is 0.0183. The molecule has 0 saturated heterocycles.